The van der Waals surface area contributed by atoms with Crippen molar-refractivity contribution in [2.24, 2.45) is 0 Å². The predicted molar refractivity (Wildman–Crippen MR) is 156 cm³/mol. The Morgan fingerprint density at radius 2 is 1.60 bits per heavy atom. The van der Waals surface area contributed by atoms with Crippen molar-refractivity contribution in [3.05, 3.63) is 95.1 Å². The number of nitrogens with zero attached hydrogens (tertiary/aromatic N) is 2. The summed E-state index contributed by atoms with van der Waals surface area (Å²) in [7, 11) is -4.49. The highest BCUT2D eigenvalue weighted by Crippen LogP contribution is 2.33. The van der Waals surface area contributed by atoms with Crippen LogP contribution in [0, 0.1) is 13.8 Å². The highest BCUT2D eigenvalue weighted by molar-refractivity contribution is 7.92. The molecule has 226 valence electrons. The van der Waals surface area contributed by atoms with Crippen LogP contribution in [0.15, 0.2) is 77.7 Å². The number of benzene rings is 3. The fourth-order valence-electron chi connectivity index (χ4n) is 4.46. The van der Waals surface area contributed by atoms with Gasteiger partial charge >= 0.3 is 6.18 Å². The van der Waals surface area contributed by atoms with Crippen molar-refractivity contribution in [2.45, 2.75) is 64.2 Å². The van der Waals surface area contributed by atoms with Gasteiger partial charge in [0.05, 0.1) is 16.1 Å². The molecule has 1 unspecified atom stereocenters. The minimum atomic E-state index is -4.74. The Morgan fingerprint density at radius 3 is 2.19 bits per heavy atom. The van der Waals surface area contributed by atoms with E-state index in [0.29, 0.717) is 23.3 Å². The van der Waals surface area contributed by atoms with E-state index in [9.17, 15) is 31.2 Å². The Kier molecular flexibility index (Phi) is 10.8. The molecule has 42 heavy (non-hydrogen) atoms. The quantitative estimate of drug-likeness (QED) is 0.281. The number of amides is 2. The van der Waals surface area contributed by atoms with Gasteiger partial charge in [-0.25, -0.2) is 8.42 Å². The van der Waals surface area contributed by atoms with E-state index in [1.54, 1.807) is 38.1 Å². The molecule has 0 fully saturated rings. The van der Waals surface area contributed by atoms with E-state index in [1.807, 2.05) is 26.0 Å². The number of sulfonamides is 1. The maximum absolute atomic E-state index is 14.1. The van der Waals surface area contributed by atoms with Crippen LogP contribution in [0.1, 0.15) is 48.9 Å². The molecule has 11 heteroatoms. The van der Waals surface area contributed by atoms with Gasteiger partial charge in [0.15, 0.2) is 0 Å². The van der Waals surface area contributed by atoms with Crippen LogP contribution in [0.4, 0.5) is 18.9 Å². The van der Waals surface area contributed by atoms with Crippen LogP contribution < -0.4 is 9.62 Å². The minimum Gasteiger partial charge on any atom is -0.354 e. The summed E-state index contributed by atoms with van der Waals surface area (Å²) >= 11 is 0. The van der Waals surface area contributed by atoms with Gasteiger partial charge in [0.1, 0.15) is 12.6 Å². The smallest absolute Gasteiger partial charge is 0.354 e. The summed E-state index contributed by atoms with van der Waals surface area (Å²) in [6.45, 7) is 6.82. The van der Waals surface area contributed by atoms with Gasteiger partial charge in [-0.3, -0.25) is 13.9 Å². The van der Waals surface area contributed by atoms with Gasteiger partial charge in [0.2, 0.25) is 11.8 Å². The molecule has 0 aliphatic carbocycles. The zero-order chi connectivity index (χ0) is 31.1. The fraction of sp³-hybridized carbons (Fsp3) is 0.355. The first-order valence-electron chi connectivity index (χ1n) is 13.7. The van der Waals surface area contributed by atoms with Gasteiger partial charge in [-0.15, -0.1) is 0 Å². The second-order valence-corrected chi connectivity index (χ2v) is 11.9. The highest BCUT2D eigenvalue weighted by atomic mass is 32.2. The van der Waals surface area contributed by atoms with Crippen LogP contribution in [-0.2, 0) is 32.3 Å². The molecule has 0 aliphatic rings. The third-order valence-corrected chi connectivity index (χ3v) is 8.67. The molecule has 0 radical (unpaired) electrons. The average Bonchev–Trinajstić information content (AvgIpc) is 2.95. The lowest BCUT2D eigenvalue weighted by Gasteiger charge is -2.33. The number of hydrogen-bond donors (Lipinski definition) is 1. The summed E-state index contributed by atoms with van der Waals surface area (Å²) in [5, 5.41) is 2.80. The van der Waals surface area contributed by atoms with E-state index in [2.05, 4.69) is 5.32 Å². The molecule has 3 aromatic carbocycles. The van der Waals surface area contributed by atoms with Crippen molar-refractivity contribution < 1.29 is 31.2 Å². The van der Waals surface area contributed by atoms with E-state index in [4.69, 9.17) is 0 Å². The molecule has 3 aromatic rings. The predicted octanol–water partition coefficient (Wildman–Crippen LogP) is 5.85. The standard InChI is InChI=1S/C31H36F3N3O4S/c1-5-18-35-30(39)28(6-2)36(20-24-11-8-7-10-23(24)4)29(38)21-37(26-13-9-12-25(19-26)31(32,33)34)42(40,41)27-16-14-22(3)15-17-27/h7-17,19,28H,5-6,18,20-21H2,1-4H3,(H,35,39). The zero-order valence-electron chi connectivity index (χ0n) is 24.1. The molecule has 0 aliphatic heterocycles. The second kappa shape index (κ2) is 13.9. The lowest BCUT2D eigenvalue weighted by Crippen LogP contribution is -2.52. The molecule has 0 heterocycles. The van der Waals surface area contributed by atoms with E-state index >= 15 is 0 Å². The lowest BCUT2D eigenvalue weighted by molar-refractivity contribution is -0.140. The fourth-order valence-corrected chi connectivity index (χ4v) is 5.87. The van der Waals surface area contributed by atoms with Gasteiger partial charge in [-0.05, 0) is 68.1 Å². The molecular formula is C31H36F3N3O4S. The Morgan fingerprint density at radius 1 is 0.929 bits per heavy atom. The van der Waals surface area contributed by atoms with Crippen molar-refractivity contribution >= 4 is 27.5 Å². The van der Waals surface area contributed by atoms with Crippen LogP contribution in [0.5, 0.6) is 0 Å². The topological polar surface area (TPSA) is 86.8 Å². The van der Waals surface area contributed by atoms with Crippen LogP contribution in [0.2, 0.25) is 0 Å². The van der Waals surface area contributed by atoms with Crippen molar-refractivity contribution in [3.8, 4) is 0 Å². The largest absolute Gasteiger partial charge is 0.416 e. The van der Waals surface area contributed by atoms with Gasteiger partial charge in [-0.1, -0.05) is 61.9 Å². The number of carbonyl (C=O) groups is 2. The van der Waals surface area contributed by atoms with Gasteiger partial charge in [-0.2, -0.15) is 13.2 Å². The lowest BCUT2D eigenvalue weighted by atomic mass is 10.1. The molecule has 0 saturated carbocycles. The zero-order valence-corrected chi connectivity index (χ0v) is 24.9. The van der Waals surface area contributed by atoms with Crippen molar-refractivity contribution in [3.63, 3.8) is 0 Å². The monoisotopic (exact) mass is 603 g/mol. The molecule has 7 nitrogen and oxygen atoms in total. The third-order valence-electron chi connectivity index (χ3n) is 6.89. The van der Waals surface area contributed by atoms with Crippen LogP contribution in [0.3, 0.4) is 0 Å². The first-order valence-corrected chi connectivity index (χ1v) is 15.1. The first kappa shape index (κ1) is 32.7. The average molecular weight is 604 g/mol. The molecule has 2 amide bonds. The Hall–Kier alpha value is -3.86. The summed E-state index contributed by atoms with van der Waals surface area (Å²) < 4.78 is 69.3. The Bertz CT molecular complexity index is 1490. The van der Waals surface area contributed by atoms with E-state index in [1.165, 1.54) is 23.1 Å². The van der Waals surface area contributed by atoms with Gasteiger partial charge < -0.3 is 10.2 Å². The number of halogens is 3. The van der Waals surface area contributed by atoms with Crippen molar-refractivity contribution in [1.29, 1.82) is 0 Å². The number of rotatable bonds is 12. The van der Waals surface area contributed by atoms with Crippen molar-refractivity contribution in [2.75, 3.05) is 17.4 Å². The summed E-state index contributed by atoms with van der Waals surface area (Å²) in [6.07, 6.45) is -3.83. The summed E-state index contributed by atoms with van der Waals surface area (Å²) in [5.74, 6) is -1.13. The van der Waals surface area contributed by atoms with E-state index in [-0.39, 0.29) is 23.5 Å². The molecule has 1 atom stereocenters. The summed E-state index contributed by atoms with van der Waals surface area (Å²) in [4.78, 5) is 28.3. The Labute approximate surface area is 245 Å². The molecule has 0 bridgehead atoms. The molecule has 1 N–H and O–H groups in total. The second-order valence-electron chi connectivity index (χ2n) is 10.0. The first-order chi connectivity index (χ1) is 19.8. The number of hydrogen-bond acceptors (Lipinski definition) is 4. The summed E-state index contributed by atoms with van der Waals surface area (Å²) in [6, 6.07) is 16.0. The van der Waals surface area contributed by atoms with Crippen molar-refractivity contribution in [1.82, 2.24) is 10.2 Å². The van der Waals surface area contributed by atoms with Crippen LogP contribution >= 0.6 is 0 Å². The molecular weight excluding hydrogens is 567 g/mol. The molecule has 0 aromatic heterocycles. The maximum atomic E-state index is 14.1. The number of carbonyl (C=O) groups excluding carboxylic acids is 2. The molecule has 0 saturated heterocycles. The SMILES string of the molecule is CCCNC(=O)C(CC)N(Cc1ccccc1C)C(=O)CN(c1cccc(C(F)(F)F)c1)S(=O)(=O)c1ccc(C)cc1. The Balaban J connectivity index is 2.12. The van der Waals surface area contributed by atoms with E-state index < -0.39 is 46.2 Å². The minimum absolute atomic E-state index is 0.00453. The maximum Gasteiger partial charge on any atom is 0.416 e. The molecule has 3 rings (SSSR count). The third kappa shape index (κ3) is 7.90. The number of alkyl halides is 3. The highest BCUT2D eigenvalue weighted by Gasteiger charge is 2.36. The van der Waals surface area contributed by atoms with Gasteiger partial charge in [0, 0.05) is 13.1 Å². The normalized spacial score (nSPS) is 12.5. The van der Waals surface area contributed by atoms with Crippen LogP contribution in [-0.4, -0.2) is 44.3 Å². The van der Waals surface area contributed by atoms with Gasteiger partial charge in [0.25, 0.3) is 10.0 Å². The number of nitrogens with one attached hydrogen (secondary N) is 1. The number of aryl methyl sites for hydroxylation is 2. The summed E-state index contributed by atoms with van der Waals surface area (Å²) in [5.41, 5.74) is 1.02. The number of anilines is 1. The van der Waals surface area contributed by atoms with Crippen LogP contribution in [0.25, 0.3) is 0 Å². The van der Waals surface area contributed by atoms with E-state index in [0.717, 1.165) is 28.8 Å². The molecule has 0 spiro atoms.